The van der Waals surface area contributed by atoms with Gasteiger partial charge >= 0.3 is 0 Å². The average molecular weight is 326 g/mol. The van der Waals surface area contributed by atoms with Gasteiger partial charge in [0.05, 0.1) is 0 Å². The minimum Gasteiger partial charge on any atom is -0.294 e. The molecule has 0 saturated heterocycles. The Kier molecular flexibility index (Phi) is 2.66. The van der Waals surface area contributed by atoms with Crippen molar-refractivity contribution >= 4 is 5.78 Å². The largest absolute Gasteiger partial charge is 0.294 e. The van der Waals surface area contributed by atoms with E-state index in [4.69, 9.17) is 0 Å². The highest BCUT2D eigenvalue weighted by molar-refractivity contribution is 6.03. The molecule has 2 bridgehead atoms. The Morgan fingerprint density at radius 2 is 1.68 bits per heavy atom. The lowest BCUT2D eigenvalue weighted by Gasteiger charge is -2.37. The summed E-state index contributed by atoms with van der Waals surface area (Å²) in [5.41, 5.74) is 9.57. The molecule has 4 aliphatic rings. The van der Waals surface area contributed by atoms with Crippen molar-refractivity contribution in [1.82, 2.24) is 0 Å². The van der Waals surface area contributed by atoms with Gasteiger partial charge in [-0.15, -0.1) is 0 Å². The number of Topliss-reactive ketones (excluding diaryl/α,β-unsaturated/α-hetero) is 1. The number of aryl methyl sites for hydroxylation is 2. The molecular formula is C24H22O. The Balaban J connectivity index is 1.71. The van der Waals surface area contributed by atoms with Crippen molar-refractivity contribution in [3.8, 4) is 11.1 Å². The fourth-order valence-corrected chi connectivity index (χ4v) is 6.25. The second-order valence-corrected chi connectivity index (χ2v) is 8.39. The van der Waals surface area contributed by atoms with E-state index >= 15 is 0 Å². The zero-order valence-electron chi connectivity index (χ0n) is 14.6. The van der Waals surface area contributed by atoms with E-state index in [0.29, 0.717) is 23.7 Å². The van der Waals surface area contributed by atoms with E-state index in [1.807, 2.05) is 6.07 Å². The number of ketones is 1. The molecule has 0 heterocycles. The van der Waals surface area contributed by atoms with Crippen LogP contribution in [-0.4, -0.2) is 5.78 Å². The number of fused-ring (bicyclic) bond motifs is 11. The van der Waals surface area contributed by atoms with Crippen LogP contribution in [-0.2, 0) is 12.8 Å². The number of hydrogen-bond acceptors (Lipinski definition) is 1. The Labute approximate surface area is 148 Å². The maximum atomic E-state index is 12.4. The maximum Gasteiger partial charge on any atom is 0.160 e. The summed E-state index contributed by atoms with van der Waals surface area (Å²) in [5, 5.41) is 0. The zero-order chi connectivity index (χ0) is 16.7. The molecule has 1 fully saturated rings. The van der Waals surface area contributed by atoms with Gasteiger partial charge in [-0.3, -0.25) is 4.79 Å². The molecule has 124 valence electrons. The summed E-state index contributed by atoms with van der Waals surface area (Å²) in [6.45, 7) is 1.72. The monoisotopic (exact) mass is 326 g/mol. The van der Waals surface area contributed by atoms with E-state index in [0.717, 1.165) is 5.56 Å². The predicted molar refractivity (Wildman–Crippen MR) is 100 cm³/mol. The summed E-state index contributed by atoms with van der Waals surface area (Å²) in [6, 6.07) is 11.4. The van der Waals surface area contributed by atoms with Crippen LogP contribution in [0.15, 0.2) is 42.5 Å². The highest BCUT2D eigenvalue weighted by Gasteiger charge is 2.50. The first-order valence-electron chi connectivity index (χ1n) is 9.70. The molecule has 1 nitrogen and oxygen atoms in total. The smallest absolute Gasteiger partial charge is 0.160 e. The van der Waals surface area contributed by atoms with Crippen LogP contribution < -0.4 is 0 Å². The first-order chi connectivity index (χ1) is 12.2. The Morgan fingerprint density at radius 1 is 0.960 bits per heavy atom. The lowest BCUT2D eigenvalue weighted by molar-refractivity contribution is 0.101. The average Bonchev–Trinajstić information content (AvgIpc) is 3.34. The summed E-state index contributed by atoms with van der Waals surface area (Å²) in [5.74, 6) is 2.71. The molecule has 6 rings (SSSR count). The molecule has 0 radical (unpaired) electrons. The van der Waals surface area contributed by atoms with Crippen LogP contribution in [0.3, 0.4) is 0 Å². The van der Waals surface area contributed by atoms with Gasteiger partial charge in [-0.25, -0.2) is 0 Å². The fourth-order valence-electron chi connectivity index (χ4n) is 6.25. The van der Waals surface area contributed by atoms with Gasteiger partial charge in [0.25, 0.3) is 0 Å². The molecule has 1 saturated carbocycles. The molecule has 25 heavy (non-hydrogen) atoms. The SMILES string of the molecule is CC(=O)c1cccc2c1-c1cc3c(cc1C1C4C=CC(C4)C21)CCC3. The minimum absolute atomic E-state index is 0.195. The predicted octanol–water partition coefficient (Wildman–Crippen LogP) is 5.43. The Morgan fingerprint density at radius 3 is 2.44 bits per heavy atom. The van der Waals surface area contributed by atoms with Gasteiger partial charge in [-0.05, 0) is 89.7 Å². The first-order valence-corrected chi connectivity index (χ1v) is 9.70. The van der Waals surface area contributed by atoms with Crippen molar-refractivity contribution in [2.45, 2.75) is 44.4 Å². The van der Waals surface area contributed by atoms with Gasteiger partial charge < -0.3 is 0 Å². The van der Waals surface area contributed by atoms with E-state index < -0.39 is 0 Å². The number of allylic oxidation sites excluding steroid dienone is 2. The van der Waals surface area contributed by atoms with Crippen LogP contribution in [0.1, 0.15) is 64.2 Å². The van der Waals surface area contributed by atoms with Gasteiger partial charge in [0.1, 0.15) is 0 Å². The van der Waals surface area contributed by atoms with E-state index in [1.165, 1.54) is 53.5 Å². The summed E-state index contributed by atoms with van der Waals surface area (Å²) in [7, 11) is 0. The van der Waals surface area contributed by atoms with Gasteiger partial charge in [0.2, 0.25) is 0 Å². The summed E-state index contributed by atoms with van der Waals surface area (Å²) < 4.78 is 0. The van der Waals surface area contributed by atoms with Gasteiger partial charge in [0, 0.05) is 5.56 Å². The standard InChI is InChI=1S/C24H22O/c1-13(25)18-6-3-7-19-22-16-8-9-17(10-16)23(22)20-11-14-4-2-5-15(14)12-21(20)24(18)19/h3,6-9,11-12,16-17,22-23H,2,4-5,10H2,1H3. The van der Waals surface area contributed by atoms with Crippen molar-refractivity contribution in [1.29, 1.82) is 0 Å². The molecule has 0 aliphatic heterocycles. The summed E-state index contributed by atoms with van der Waals surface area (Å²) in [4.78, 5) is 12.4. The molecule has 4 unspecified atom stereocenters. The summed E-state index contributed by atoms with van der Waals surface area (Å²) >= 11 is 0. The Hall–Kier alpha value is -2.15. The van der Waals surface area contributed by atoms with E-state index in [1.54, 1.807) is 12.5 Å². The van der Waals surface area contributed by atoms with Gasteiger partial charge in [-0.2, -0.15) is 0 Å². The molecule has 4 aliphatic carbocycles. The van der Waals surface area contributed by atoms with E-state index in [9.17, 15) is 4.79 Å². The van der Waals surface area contributed by atoms with Crippen LogP contribution in [0.5, 0.6) is 0 Å². The lowest BCUT2D eigenvalue weighted by Crippen LogP contribution is -2.23. The number of hydrogen-bond donors (Lipinski definition) is 0. The van der Waals surface area contributed by atoms with Crippen molar-refractivity contribution < 1.29 is 4.79 Å². The highest BCUT2D eigenvalue weighted by atomic mass is 16.1. The van der Waals surface area contributed by atoms with Crippen LogP contribution in [0, 0.1) is 11.8 Å². The van der Waals surface area contributed by atoms with Gasteiger partial charge in [-0.1, -0.05) is 42.5 Å². The molecule has 2 aromatic rings. The molecule has 0 aromatic heterocycles. The lowest BCUT2D eigenvalue weighted by atomic mass is 9.66. The summed E-state index contributed by atoms with van der Waals surface area (Å²) in [6.07, 6.45) is 9.89. The second kappa shape index (κ2) is 4.72. The minimum atomic E-state index is 0.195. The third kappa shape index (κ3) is 1.72. The zero-order valence-corrected chi connectivity index (χ0v) is 14.6. The number of carbonyl (C=O) groups excluding carboxylic acids is 1. The van der Waals surface area contributed by atoms with Crippen LogP contribution in [0.4, 0.5) is 0 Å². The van der Waals surface area contributed by atoms with Crippen molar-refractivity contribution in [3.05, 3.63) is 70.3 Å². The fraction of sp³-hybridized carbons (Fsp3) is 0.375. The van der Waals surface area contributed by atoms with Gasteiger partial charge in [0.15, 0.2) is 5.78 Å². The second-order valence-electron chi connectivity index (χ2n) is 8.39. The molecule has 0 spiro atoms. The maximum absolute atomic E-state index is 12.4. The third-order valence-corrected chi connectivity index (χ3v) is 7.19. The van der Waals surface area contributed by atoms with Crippen molar-refractivity contribution in [2.24, 2.45) is 11.8 Å². The normalized spacial score (nSPS) is 30.0. The molecule has 4 atom stereocenters. The molecule has 0 N–H and O–H groups in total. The number of benzene rings is 2. The van der Waals surface area contributed by atoms with Crippen LogP contribution in [0.25, 0.3) is 11.1 Å². The van der Waals surface area contributed by atoms with E-state index in [2.05, 4.69) is 36.4 Å². The van der Waals surface area contributed by atoms with E-state index in [-0.39, 0.29) is 5.78 Å². The van der Waals surface area contributed by atoms with Crippen molar-refractivity contribution in [3.63, 3.8) is 0 Å². The number of carbonyl (C=O) groups is 1. The molecule has 0 amide bonds. The van der Waals surface area contributed by atoms with Crippen molar-refractivity contribution in [2.75, 3.05) is 0 Å². The molecule has 2 aromatic carbocycles. The number of rotatable bonds is 1. The topological polar surface area (TPSA) is 17.1 Å². The molecular weight excluding hydrogens is 304 g/mol. The third-order valence-electron chi connectivity index (χ3n) is 7.19. The molecule has 1 heteroatoms. The Bertz CT molecular complexity index is 964. The van der Waals surface area contributed by atoms with Crippen LogP contribution >= 0.6 is 0 Å². The first kappa shape index (κ1) is 14.1. The quantitative estimate of drug-likeness (QED) is 0.504. The van der Waals surface area contributed by atoms with Crippen LogP contribution in [0.2, 0.25) is 0 Å². The highest BCUT2D eigenvalue weighted by Crippen LogP contribution is 2.63.